The van der Waals surface area contributed by atoms with Gasteiger partial charge in [0, 0.05) is 6.20 Å². The maximum absolute atomic E-state index is 11.8. The summed E-state index contributed by atoms with van der Waals surface area (Å²) in [5.74, 6) is -0.306. The molecule has 98 valence electrons. The minimum atomic E-state index is -0.306. The molecule has 0 spiro atoms. The lowest BCUT2D eigenvalue weighted by Gasteiger charge is -2.02. The van der Waals surface area contributed by atoms with Crippen molar-refractivity contribution in [3.05, 3.63) is 40.2 Å². The molecule has 0 aromatic carbocycles. The fourth-order valence-electron chi connectivity index (χ4n) is 1.42. The number of nitrogens with one attached hydrogen (secondary N) is 1. The highest BCUT2D eigenvalue weighted by Crippen LogP contribution is 2.08. The van der Waals surface area contributed by atoms with Gasteiger partial charge < -0.3 is 0 Å². The van der Waals surface area contributed by atoms with E-state index < -0.39 is 0 Å². The molecule has 2 rings (SSSR count). The van der Waals surface area contributed by atoms with Gasteiger partial charge in [-0.05, 0) is 50.0 Å². The molecule has 0 unspecified atom stereocenters. The molecule has 0 bridgehead atoms. The highest BCUT2D eigenvalue weighted by Gasteiger charge is 2.12. The van der Waals surface area contributed by atoms with Crippen molar-refractivity contribution in [3.63, 3.8) is 0 Å². The zero-order valence-corrected chi connectivity index (χ0v) is 11.7. The summed E-state index contributed by atoms with van der Waals surface area (Å²) in [6.45, 7) is 5.50. The van der Waals surface area contributed by atoms with Crippen molar-refractivity contribution in [3.8, 4) is 0 Å². The van der Waals surface area contributed by atoms with E-state index in [1.807, 2.05) is 19.1 Å². The molecule has 1 amide bonds. The Kier molecular flexibility index (Phi) is 3.96. The third-order valence-corrected chi connectivity index (χ3v) is 3.30. The van der Waals surface area contributed by atoms with Gasteiger partial charge in [0.05, 0.1) is 17.1 Å². The van der Waals surface area contributed by atoms with Crippen LogP contribution in [0.2, 0.25) is 0 Å². The molecular weight excluding hydrogens is 262 g/mol. The molecule has 2 heterocycles. The first-order valence-electron chi connectivity index (χ1n) is 5.64. The Balaban J connectivity index is 2.11. The van der Waals surface area contributed by atoms with E-state index in [1.165, 1.54) is 0 Å². The lowest BCUT2D eigenvalue weighted by Crippen LogP contribution is -2.19. The summed E-state index contributed by atoms with van der Waals surface area (Å²) in [7, 11) is 0. The Morgan fingerprint density at radius 2 is 2.21 bits per heavy atom. The van der Waals surface area contributed by atoms with Gasteiger partial charge in [-0.1, -0.05) is 4.49 Å². The third-order valence-electron chi connectivity index (χ3n) is 2.47. The van der Waals surface area contributed by atoms with Crippen LogP contribution in [0.15, 0.2) is 23.4 Å². The van der Waals surface area contributed by atoms with Gasteiger partial charge in [-0.2, -0.15) is 5.10 Å². The number of carbonyl (C=O) groups excluding carboxylic acids is 1. The Morgan fingerprint density at radius 3 is 2.84 bits per heavy atom. The van der Waals surface area contributed by atoms with Gasteiger partial charge >= 0.3 is 0 Å². The van der Waals surface area contributed by atoms with Crippen molar-refractivity contribution in [2.24, 2.45) is 5.10 Å². The number of pyridine rings is 1. The highest BCUT2D eigenvalue weighted by molar-refractivity contribution is 7.07. The molecule has 0 aliphatic heterocycles. The zero-order chi connectivity index (χ0) is 13.8. The van der Waals surface area contributed by atoms with Crippen LogP contribution in [0.25, 0.3) is 0 Å². The number of hydrazone groups is 1. The van der Waals surface area contributed by atoms with Crippen LogP contribution in [-0.2, 0) is 0 Å². The molecular formula is C12H13N5OS. The number of hydrogen-bond acceptors (Lipinski definition) is 6. The van der Waals surface area contributed by atoms with Crippen molar-refractivity contribution in [1.82, 2.24) is 20.0 Å². The van der Waals surface area contributed by atoms with Crippen LogP contribution < -0.4 is 5.43 Å². The monoisotopic (exact) mass is 275 g/mol. The molecule has 2 aromatic rings. The molecule has 6 nitrogen and oxygen atoms in total. The standard InChI is InChI=1S/C12H13N5OS/c1-7-4-5-13-10(6-7)8(2)14-16-12(18)11-9(3)15-17-19-11/h4-6H,1-3H3,(H,16,18)/b14-8+. The van der Waals surface area contributed by atoms with E-state index in [4.69, 9.17) is 0 Å². The van der Waals surface area contributed by atoms with E-state index in [2.05, 4.69) is 25.1 Å². The van der Waals surface area contributed by atoms with Gasteiger partial charge in [0.1, 0.15) is 4.88 Å². The summed E-state index contributed by atoms with van der Waals surface area (Å²) < 4.78 is 3.71. The van der Waals surface area contributed by atoms with E-state index in [0.717, 1.165) is 22.8 Å². The fourth-order valence-corrected chi connectivity index (χ4v) is 1.96. The molecule has 19 heavy (non-hydrogen) atoms. The number of hydrogen-bond donors (Lipinski definition) is 1. The van der Waals surface area contributed by atoms with Crippen LogP contribution in [0.4, 0.5) is 0 Å². The second-order valence-electron chi connectivity index (χ2n) is 4.04. The van der Waals surface area contributed by atoms with E-state index in [-0.39, 0.29) is 5.91 Å². The minimum Gasteiger partial charge on any atom is -0.266 e. The van der Waals surface area contributed by atoms with Gasteiger partial charge in [-0.15, -0.1) is 5.10 Å². The molecule has 7 heteroatoms. The number of nitrogens with zero attached hydrogens (tertiary/aromatic N) is 4. The van der Waals surface area contributed by atoms with Gasteiger partial charge in [-0.3, -0.25) is 9.78 Å². The molecule has 0 saturated heterocycles. The first-order chi connectivity index (χ1) is 9.08. The van der Waals surface area contributed by atoms with Gasteiger partial charge in [0.15, 0.2) is 0 Å². The molecule has 0 fully saturated rings. The molecule has 0 radical (unpaired) electrons. The number of aromatic nitrogens is 3. The van der Waals surface area contributed by atoms with Crippen LogP contribution in [0.5, 0.6) is 0 Å². The zero-order valence-electron chi connectivity index (χ0n) is 10.8. The number of aryl methyl sites for hydroxylation is 2. The van der Waals surface area contributed by atoms with Crippen LogP contribution >= 0.6 is 11.5 Å². The Morgan fingerprint density at radius 1 is 1.42 bits per heavy atom. The predicted molar refractivity (Wildman–Crippen MR) is 73.3 cm³/mol. The van der Waals surface area contributed by atoms with Crippen molar-refractivity contribution >= 4 is 23.2 Å². The van der Waals surface area contributed by atoms with E-state index in [9.17, 15) is 4.79 Å². The van der Waals surface area contributed by atoms with Gasteiger partial charge in [0.2, 0.25) is 0 Å². The van der Waals surface area contributed by atoms with E-state index in [1.54, 1.807) is 20.0 Å². The number of amides is 1. The largest absolute Gasteiger partial charge is 0.285 e. The van der Waals surface area contributed by atoms with Crippen molar-refractivity contribution in [1.29, 1.82) is 0 Å². The van der Waals surface area contributed by atoms with Crippen LogP contribution in [0.3, 0.4) is 0 Å². The summed E-state index contributed by atoms with van der Waals surface area (Å²) in [5.41, 5.74) is 5.56. The SMILES string of the molecule is C/C(=N\NC(=O)c1snnc1C)c1cc(C)ccn1. The van der Waals surface area contributed by atoms with Crippen molar-refractivity contribution in [2.45, 2.75) is 20.8 Å². The van der Waals surface area contributed by atoms with Crippen LogP contribution in [0.1, 0.15) is 33.5 Å². The summed E-state index contributed by atoms with van der Waals surface area (Å²) in [6.07, 6.45) is 1.71. The predicted octanol–water partition coefficient (Wildman–Crippen LogP) is 1.70. The van der Waals surface area contributed by atoms with Gasteiger partial charge in [-0.25, -0.2) is 5.43 Å². The normalized spacial score (nSPS) is 11.4. The fraction of sp³-hybridized carbons (Fsp3) is 0.250. The number of rotatable bonds is 3. The second kappa shape index (κ2) is 5.66. The first kappa shape index (κ1) is 13.3. The van der Waals surface area contributed by atoms with E-state index in [0.29, 0.717) is 16.3 Å². The molecule has 0 aliphatic carbocycles. The molecule has 0 saturated carbocycles. The summed E-state index contributed by atoms with van der Waals surface area (Å²) in [4.78, 5) is 16.5. The Labute approximate surface area is 114 Å². The topological polar surface area (TPSA) is 80.1 Å². The molecule has 2 aromatic heterocycles. The van der Waals surface area contributed by atoms with Gasteiger partial charge in [0.25, 0.3) is 5.91 Å². The maximum Gasteiger partial charge on any atom is 0.285 e. The molecule has 0 atom stereocenters. The minimum absolute atomic E-state index is 0.306. The lowest BCUT2D eigenvalue weighted by atomic mass is 10.2. The quantitative estimate of drug-likeness (QED) is 0.683. The highest BCUT2D eigenvalue weighted by atomic mass is 32.1. The number of carbonyl (C=O) groups is 1. The maximum atomic E-state index is 11.8. The van der Waals surface area contributed by atoms with Crippen molar-refractivity contribution < 1.29 is 4.79 Å². The first-order valence-corrected chi connectivity index (χ1v) is 6.42. The van der Waals surface area contributed by atoms with Crippen LogP contribution in [-0.4, -0.2) is 26.2 Å². The third kappa shape index (κ3) is 3.19. The molecule has 0 aliphatic rings. The average molecular weight is 275 g/mol. The Bertz CT molecular complexity index is 635. The second-order valence-corrected chi connectivity index (χ2v) is 4.80. The van der Waals surface area contributed by atoms with Crippen molar-refractivity contribution in [2.75, 3.05) is 0 Å². The van der Waals surface area contributed by atoms with E-state index >= 15 is 0 Å². The Hall–Kier alpha value is -2.15. The summed E-state index contributed by atoms with van der Waals surface area (Å²) in [6, 6.07) is 3.81. The summed E-state index contributed by atoms with van der Waals surface area (Å²) in [5, 5.41) is 7.82. The molecule has 1 N–H and O–H groups in total. The average Bonchev–Trinajstić information content (AvgIpc) is 2.82. The summed E-state index contributed by atoms with van der Waals surface area (Å²) >= 11 is 1.05. The lowest BCUT2D eigenvalue weighted by molar-refractivity contribution is 0.0958. The smallest absolute Gasteiger partial charge is 0.266 e. The van der Waals surface area contributed by atoms with Crippen LogP contribution in [0, 0.1) is 13.8 Å².